The van der Waals surface area contributed by atoms with Crippen LogP contribution in [0.15, 0.2) is 34.2 Å². The molecule has 0 aliphatic rings. The fourth-order valence-corrected chi connectivity index (χ4v) is 2.24. The average molecular weight is 314 g/mol. The van der Waals surface area contributed by atoms with Gasteiger partial charge in [0.25, 0.3) is 5.69 Å². The maximum Gasteiger partial charge on any atom is 0.292 e. The minimum atomic E-state index is -0.406. The Bertz CT molecular complexity index is 530. The molecule has 2 aromatic rings. The minimum Gasteiger partial charge on any atom is -0.373 e. The Morgan fingerprint density at radius 2 is 2.35 bits per heavy atom. The summed E-state index contributed by atoms with van der Waals surface area (Å²) in [6.45, 7) is 0.481. The van der Waals surface area contributed by atoms with Gasteiger partial charge in [0.1, 0.15) is 10.7 Å². The summed E-state index contributed by atoms with van der Waals surface area (Å²) in [7, 11) is 0. The quantitative estimate of drug-likeness (QED) is 0.693. The molecule has 0 spiro atoms. The van der Waals surface area contributed by atoms with E-state index in [9.17, 15) is 10.1 Å². The first-order chi connectivity index (χ1) is 8.16. The van der Waals surface area contributed by atoms with Gasteiger partial charge in [0.2, 0.25) is 0 Å². The second kappa shape index (κ2) is 5.24. The zero-order valence-corrected chi connectivity index (χ0v) is 11.0. The zero-order chi connectivity index (χ0) is 12.3. The number of anilines is 1. The average Bonchev–Trinajstić information content (AvgIpc) is 2.78. The maximum atomic E-state index is 10.8. The molecule has 0 bridgehead atoms. The Kier molecular flexibility index (Phi) is 3.70. The number of nitrogens with one attached hydrogen (secondary N) is 1. The fraction of sp³-hybridized carbons (Fsp3) is 0.100. The van der Waals surface area contributed by atoms with E-state index in [4.69, 9.17) is 0 Å². The van der Waals surface area contributed by atoms with E-state index in [0.29, 0.717) is 12.2 Å². The third kappa shape index (κ3) is 3.01. The molecule has 0 unspecified atom stereocenters. The van der Waals surface area contributed by atoms with Gasteiger partial charge in [0.05, 0.1) is 11.5 Å². The van der Waals surface area contributed by atoms with E-state index in [1.807, 2.05) is 5.38 Å². The van der Waals surface area contributed by atoms with E-state index < -0.39 is 4.92 Å². The summed E-state index contributed by atoms with van der Waals surface area (Å²) in [6.07, 6.45) is 1.71. The van der Waals surface area contributed by atoms with E-state index in [-0.39, 0.29) is 5.69 Å². The maximum absolute atomic E-state index is 10.8. The van der Waals surface area contributed by atoms with Gasteiger partial charge in [0.15, 0.2) is 0 Å². The molecular formula is C10H8BrN3O2S. The molecule has 1 aromatic carbocycles. The molecule has 0 radical (unpaired) electrons. The Morgan fingerprint density at radius 1 is 1.53 bits per heavy atom. The number of nitrogens with zero attached hydrogens (tertiary/aromatic N) is 2. The van der Waals surface area contributed by atoms with Crippen molar-refractivity contribution in [2.24, 2.45) is 0 Å². The fourth-order valence-electron chi connectivity index (χ4n) is 1.32. The van der Waals surface area contributed by atoms with Gasteiger partial charge in [-0.15, -0.1) is 11.3 Å². The number of hydrogen-bond donors (Lipinski definition) is 1. The lowest BCUT2D eigenvalue weighted by Gasteiger charge is -2.05. The molecule has 0 saturated heterocycles. The van der Waals surface area contributed by atoms with Gasteiger partial charge in [-0.2, -0.15) is 0 Å². The van der Waals surface area contributed by atoms with Crippen LogP contribution in [-0.2, 0) is 6.54 Å². The zero-order valence-electron chi connectivity index (χ0n) is 8.59. The largest absolute Gasteiger partial charge is 0.373 e. The Balaban J connectivity index is 2.19. The second-order valence-electron chi connectivity index (χ2n) is 3.20. The molecule has 7 heteroatoms. The predicted octanol–water partition coefficient (Wildman–Crippen LogP) is 3.43. The number of thiazole rings is 1. The number of benzene rings is 1. The number of aromatic nitrogens is 1. The van der Waals surface area contributed by atoms with Gasteiger partial charge < -0.3 is 5.32 Å². The van der Waals surface area contributed by atoms with Crippen LogP contribution in [0.25, 0.3) is 0 Å². The van der Waals surface area contributed by atoms with Crippen LogP contribution in [0.5, 0.6) is 0 Å². The summed E-state index contributed by atoms with van der Waals surface area (Å²) in [4.78, 5) is 14.5. The molecule has 1 heterocycles. The van der Waals surface area contributed by atoms with Crippen LogP contribution in [0.2, 0.25) is 0 Å². The van der Waals surface area contributed by atoms with Crippen molar-refractivity contribution in [2.45, 2.75) is 6.54 Å². The second-order valence-corrected chi connectivity index (χ2v) is 5.09. The molecular weight excluding hydrogens is 306 g/mol. The van der Waals surface area contributed by atoms with E-state index in [1.54, 1.807) is 18.3 Å². The Morgan fingerprint density at radius 3 is 3.00 bits per heavy atom. The monoisotopic (exact) mass is 313 g/mol. The summed E-state index contributed by atoms with van der Waals surface area (Å²) in [6, 6.07) is 4.80. The molecule has 17 heavy (non-hydrogen) atoms. The number of nitro benzene ring substituents is 1. The molecule has 0 atom stereocenters. The highest BCUT2D eigenvalue weighted by Gasteiger charge is 2.13. The van der Waals surface area contributed by atoms with Crippen molar-refractivity contribution in [1.29, 1.82) is 0 Å². The van der Waals surface area contributed by atoms with Gasteiger partial charge in [-0.1, -0.05) is 15.9 Å². The standard InChI is InChI=1S/C10H8BrN3O2S/c11-7-1-2-9(14(15)16)8(5-7)13-6-10-12-3-4-17-10/h1-5,13H,6H2. The van der Waals surface area contributed by atoms with Crippen molar-refractivity contribution >= 4 is 38.6 Å². The van der Waals surface area contributed by atoms with Crippen LogP contribution in [-0.4, -0.2) is 9.91 Å². The summed E-state index contributed by atoms with van der Waals surface area (Å²) in [5.74, 6) is 0. The van der Waals surface area contributed by atoms with E-state index in [1.165, 1.54) is 17.4 Å². The lowest BCUT2D eigenvalue weighted by Crippen LogP contribution is -2.02. The molecule has 88 valence electrons. The molecule has 0 aliphatic heterocycles. The molecule has 1 aromatic heterocycles. The van der Waals surface area contributed by atoms with Crippen molar-refractivity contribution in [3.8, 4) is 0 Å². The third-order valence-electron chi connectivity index (χ3n) is 2.07. The van der Waals surface area contributed by atoms with Gasteiger partial charge in [0, 0.05) is 22.1 Å². The highest BCUT2D eigenvalue weighted by atomic mass is 79.9. The van der Waals surface area contributed by atoms with Gasteiger partial charge in [-0.25, -0.2) is 4.98 Å². The highest BCUT2D eigenvalue weighted by molar-refractivity contribution is 9.10. The van der Waals surface area contributed by atoms with Crippen LogP contribution in [0.1, 0.15) is 5.01 Å². The molecule has 0 fully saturated rings. The number of hydrogen-bond acceptors (Lipinski definition) is 5. The third-order valence-corrected chi connectivity index (χ3v) is 3.34. The Hall–Kier alpha value is -1.47. The number of rotatable bonds is 4. The lowest BCUT2D eigenvalue weighted by molar-refractivity contribution is -0.384. The van der Waals surface area contributed by atoms with Crippen molar-refractivity contribution in [3.63, 3.8) is 0 Å². The van der Waals surface area contributed by atoms with Gasteiger partial charge >= 0.3 is 0 Å². The van der Waals surface area contributed by atoms with Crippen LogP contribution in [0.3, 0.4) is 0 Å². The summed E-state index contributed by atoms with van der Waals surface area (Å²) < 4.78 is 0.796. The van der Waals surface area contributed by atoms with Crippen molar-refractivity contribution in [3.05, 3.63) is 49.4 Å². The first-order valence-corrected chi connectivity index (χ1v) is 6.40. The normalized spacial score (nSPS) is 10.2. The molecule has 0 saturated carbocycles. The van der Waals surface area contributed by atoms with Gasteiger partial charge in [-0.05, 0) is 12.1 Å². The van der Waals surface area contributed by atoms with Crippen molar-refractivity contribution in [2.75, 3.05) is 5.32 Å². The highest BCUT2D eigenvalue weighted by Crippen LogP contribution is 2.28. The molecule has 5 nitrogen and oxygen atoms in total. The molecule has 0 amide bonds. The number of halogens is 1. The van der Waals surface area contributed by atoms with Crippen molar-refractivity contribution < 1.29 is 4.92 Å². The first-order valence-electron chi connectivity index (χ1n) is 4.73. The lowest BCUT2D eigenvalue weighted by atomic mass is 10.2. The summed E-state index contributed by atoms with van der Waals surface area (Å²) >= 11 is 4.79. The number of nitro groups is 1. The van der Waals surface area contributed by atoms with Crippen LogP contribution in [0.4, 0.5) is 11.4 Å². The van der Waals surface area contributed by atoms with Crippen molar-refractivity contribution in [1.82, 2.24) is 4.98 Å². The van der Waals surface area contributed by atoms with Gasteiger partial charge in [-0.3, -0.25) is 10.1 Å². The van der Waals surface area contributed by atoms with E-state index in [0.717, 1.165) is 9.48 Å². The minimum absolute atomic E-state index is 0.0600. The van der Waals surface area contributed by atoms with E-state index in [2.05, 4.69) is 26.2 Å². The first kappa shape index (κ1) is 12.0. The predicted molar refractivity (Wildman–Crippen MR) is 70.2 cm³/mol. The smallest absolute Gasteiger partial charge is 0.292 e. The van der Waals surface area contributed by atoms with Crippen LogP contribution in [0, 0.1) is 10.1 Å². The molecule has 0 aliphatic carbocycles. The van der Waals surface area contributed by atoms with Crippen LogP contribution >= 0.6 is 27.3 Å². The SMILES string of the molecule is O=[N+]([O-])c1ccc(Br)cc1NCc1nccs1. The van der Waals surface area contributed by atoms with Crippen LogP contribution < -0.4 is 5.32 Å². The molecule has 1 N–H and O–H groups in total. The summed E-state index contributed by atoms with van der Waals surface area (Å²) in [5, 5.41) is 16.6. The summed E-state index contributed by atoms with van der Waals surface area (Å²) in [5.41, 5.74) is 0.546. The van der Waals surface area contributed by atoms with E-state index >= 15 is 0 Å². The topological polar surface area (TPSA) is 68.1 Å². The Labute approximate surface area is 110 Å². The molecule has 2 rings (SSSR count).